The molecule has 0 fully saturated rings. The molecule has 0 aliphatic carbocycles. The Hall–Kier alpha value is -2.50. The van der Waals surface area contributed by atoms with E-state index in [-0.39, 0.29) is 5.91 Å². The summed E-state index contributed by atoms with van der Waals surface area (Å²) in [6.07, 6.45) is 3.66. The zero-order chi connectivity index (χ0) is 24.0. The van der Waals surface area contributed by atoms with Crippen LogP contribution in [0.25, 0.3) is 11.3 Å². The molecule has 1 aliphatic rings. The molecule has 1 amide bonds. The number of hydrogen-bond acceptors (Lipinski definition) is 8. The molecule has 33 heavy (non-hydrogen) atoms. The molecule has 182 valence electrons. The number of amides is 1. The number of rotatable bonds is 12. The Balaban J connectivity index is 1.72. The maximum absolute atomic E-state index is 12.5. The molecule has 1 aromatic heterocycles. The largest absolute Gasteiger partial charge is 0.362 e. The SMILES string of the molecule is CCCCc1nc2c(n1CCNC(=O)[C@@H](N)CCCNC(N)N)-c1ccccc1NC2(C)N. The molecule has 2 heterocycles. The van der Waals surface area contributed by atoms with Crippen LogP contribution in [0.15, 0.2) is 24.3 Å². The molecule has 10 heteroatoms. The highest BCUT2D eigenvalue weighted by Gasteiger charge is 2.36. The maximum atomic E-state index is 12.5. The van der Waals surface area contributed by atoms with Gasteiger partial charge >= 0.3 is 0 Å². The highest BCUT2D eigenvalue weighted by molar-refractivity contribution is 5.82. The lowest BCUT2D eigenvalue weighted by molar-refractivity contribution is -0.122. The topological polar surface area (TPSA) is 175 Å². The molecule has 2 aromatic rings. The van der Waals surface area contributed by atoms with Gasteiger partial charge in [0.2, 0.25) is 5.91 Å². The number of para-hydroxylation sites is 1. The van der Waals surface area contributed by atoms with Crippen LogP contribution in [-0.4, -0.2) is 40.9 Å². The minimum atomic E-state index is -0.776. The number of nitrogens with two attached hydrogens (primary N) is 4. The van der Waals surface area contributed by atoms with Crippen molar-refractivity contribution in [1.29, 1.82) is 0 Å². The Labute approximate surface area is 195 Å². The summed E-state index contributed by atoms with van der Waals surface area (Å²) in [4.78, 5) is 17.4. The summed E-state index contributed by atoms with van der Waals surface area (Å²) < 4.78 is 2.20. The number of aromatic nitrogens is 2. The molecular weight excluding hydrogens is 418 g/mol. The number of fused-ring (bicyclic) bond motifs is 3. The highest BCUT2D eigenvalue weighted by Crippen LogP contribution is 2.41. The molecule has 1 aromatic carbocycles. The number of benzene rings is 1. The fraction of sp³-hybridized carbons (Fsp3) is 0.565. The summed E-state index contributed by atoms with van der Waals surface area (Å²) in [5, 5.41) is 9.29. The van der Waals surface area contributed by atoms with Crippen molar-refractivity contribution in [3.8, 4) is 11.3 Å². The molecule has 11 N–H and O–H groups in total. The minimum Gasteiger partial charge on any atom is -0.362 e. The van der Waals surface area contributed by atoms with Gasteiger partial charge < -0.3 is 38.1 Å². The molecule has 0 saturated carbocycles. The lowest BCUT2D eigenvalue weighted by Crippen LogP contribution is -2.46. The Morgan fingerprint density at radius 1 is 1.21 bits per heavy atom. The van der Waals surface area contributed by atoms with E-state index in [4.69, 9.17) is 27.9 Å². The van der Waals surface area contributed by atoms with Crippen LogP contribution in [0.3, 0.4) is 0 Å². The van der Waals surface area contributed by atoms with Crippen molar-refractivity contribution in [2.24, 2.45) is 22.9 Å². The first-order valence-electron chi connectivity index (χ1n) is 11.8. The predicted octanol–water partition coefficient (Wildman–Crippen LogP) is 0.464. The summed E-state index contributed by atoms with van der Waals surface area (Å²) in [5.41, 5.74) is 26.7. The second-order valence-corrected chi connectivity index (χ2v) is 8.87. The number of imidazole rings is 1. The van der Waals surface area contributed by atoms with Crippen LogP contribution in [0.1, 0.15) is 51.0 Å². The first-order valence-corrected chi connectivity index (χ1v) is 11.8. The van der Waals surface area contributed by atoms with Crippen molar-refractivity contribution in [2.75, 3.05) is 18.4 Å². The van der Waals surface area contributed by atoms with Crippen LogP contribution >= 0.6 is 0 Å². The Morgan fingerprint density at radius 2 is 1.97 bits per heavy atom. The van der Waals surface area contributed by atoms with Crippen molar-refractivity contribution in [1.82, 2.24) is 20.2 Å². The van der Waals surface area contributed by atoms with Gasteiger partial charge in [-0.1, -0.05) is 31.5 Å². The molecule has 0 saturated heterocycles. The van der Waals surface area contributed by atoms with E-state index >= 15 is 0 Å². The molecule has 3 rings (SSSR count). The summed E-state index contributed by atoms with van der Waals surface area (Å²) in [7, 11) is 0. The van der Waals surface area contributed by atoms with Gasteiger partial charge in [-0.3, -0.25) is 10.1 Å². The number of carbonyl (C=O) groups is 1. The van der Waals surface area contributed by atoms with Crippen LogP contribution in [0.4, 0.5) is 5.69 Å². The van der Waals surface area contributed by atoms with Gasteiger partial charge in [-0.15, -0.1) is 0 Å². The third kappa shape index (κ3) is 6.10. The third-order valence-electron chi connectivity index (χ3n) is 5.91. The van der Waals surface area contributed by atoms with Gasteiger partial charge in [0.25, 0.3) is 0 Å². The second-order valence-electron chi connectivity index (χ2n) is 8.87. The van der Waals surface area contributed by atoms with Gasteiger partial charge in [-0.25, -0.2) is 4.98 Å². The maximum Gasteiger partial charge on any atom is 0.236 e. The average molecular weight is 458 g/mol. The first-order chi connectivity index (χ1) is 15.7. The fourth-order valence-corrected chi connectivity index (χ4v) is 4.18. The third-order valence-corrected chi connectivity index (χ3v) is 5.91. The number of unbranched alkanes of at least 4 members (excludes halogenated alkanes) is 1. The molecule has 0 radical (unpaired) electrons. The Kier molecular flexibility index (Phi) is 8.44. The molecule has 1 unspecified atom stereocenters. The van der Waals surface area contributed by atoms with Gasteiger partial charge in [0.15, 0.2) is 0 Å². The second kappa shape index (κ2) is 11.1. The minimum absolute atomic E-state index is 0.165. The van der Waals surface area contributed by atoms with E-state index in [9.17, 15) is 4.79 Å². The fourth-order valence-electron chi connectivity index (χ4n) is 4.18. The van der Waals surface area contributed by atoms with E-state index in [1.54, 1.807) is 0 Å². The van der Waals surface area contributed by atoms with E-state index in [0.717, 1.165) is 47.7 Å². The van der Waals surface area contributed by atoms with Crippen molar-refractivity contribution < 1.29 is 4.79 Å². The number of aryl methyl sites for hydroxylation is 1. The van der Waals surface area contributed by atoms with Crippen molar-refractivity contribution in [3.63, 3.8) is 0 Å². The average Bonchev–Trinajstić information content (AvgIpc) is 3.14. The van der Waals surface area contributed by atoms with Crippen LogP contribution < -0.4 is 38.9 Å². The van der Waals surface area contributed by atoms with Gasteiger partial charge in [0.1, 0.15) is 23.5 Å². The number of carbonyl (C=O) groups excluding carboxylic acids is 1. The molecule has 0 spiro atoms. The van der Waals surface area contributed by atoms with Crippen LogP contribution in [0, 0.1) is 0 Å². The summed E-state index contributed by atoms with van der Waals surface area (Å²) in [5.74, 6) is 0.821. The summed E-state index contributed by atoms with van der Waals surface area (Å²) >= 11 is 0. The van der Waals surface area contributed by atoms with Crippen molar-refractivity contribution >= 4 is 11.6 Å². The van der Waals surface area contributed by atoms with Crippen molar-refractivity contribution in [3.05, 3.63) is 35.8 Å². The van der Waals surface area contributed by atoms with E-state index in [0.29, 0.717) is 32.5 Å². The Morgan fingerprint density at radius 3 is 2.70 bits per heavy atom. The monoisotopic (exact) mass is 457 g/mol. The van der Waals surface area contributed by atoms with Gasteiger partial charge in [0.05, 0.1) is 11.7 Å². The zero-order valence-corrected chi connectivity index (χ0v) is 19.7. The quantitative estimate of drug-likeness (QED) is 0.178. The van der Waals surface area contributed by atoms with Gasteiger partial charge in [-0.05, 0) is 38.8 Å². The predicted molar refractivity (Wildman–Crippen MR) is 132 cm³/mol. The summed E-state index contributed by atoms with van der Waals surface area (Å²) in [6.45, 7) is 5.77. The molecule has 10 nitrogen and oxygen atoms in total. The number of hydrogen-bond donors (Lipinski definition) is 7. The van der Waals surface area contributed by atoms with E-state index < -0.39 is 18.0 Å². The van der Waals surface area contributed by atoms with E-state index in [1.165, 1.54) is 0 Å². The Bertz CT molecular complexity index is 938. The van der Waals surface area contributed by atoms with E-state index in [1.807, 2.05) is 25.1 Å². The van der Waals surface area contributed by atoms with Crippen LogP contribution in [0.5, 0.6) is 0 Å². The lowest BCUT2D eigenvalue weighted by Gasteiger charge is -2.33. The van der Waals surface area contributed by atoms with Gasteiger partial charge in [0, 0.05) is 30.8 Å². The normalized spacial score (nSPS) is 17.9. The zero-order valence-electron chi connectivity index (χ0n) is 19.7. The first kappa shape index (κ1) is 25.1. The van der Waals surface area contributed by atoms with Crippen molar-refractivity contribution in [2.45, 2.75) is 70.5 Å². The summed E-state index contributed by atoms with van der Waals surface area (Å²) in [6, 6.07) is 7.53. The number of anilines is 1. The standard InChI is InChI=1S/C23H39N9O/c1-3-4-11-18-30-20-19(15-8-5-6-10-17(15)31-23(20,2)27)32(18)14-13-28-21(33)16(24)9-7-12-29-22(25)26/h5-6,8,10,16,22,29,31H,3-4,7,9,11-14,24-27H2,1-2H3,(H,28,33)/t16-,23?/m0/s1. The van der Waals surface area contributed by atoms with E-state index in [2.05, 4.69) is 33.5 Å². The van der Waals surface area contributed by atoms with Crippen LogP contribution in [0.2, 0.25) is 0 Å². The molecular formula is C23H39N9O. The number of nitrogens with one attached hydrogen (secondary N) is 3. The lowest BCUT2D eigenvalue weighted by atomic mass is 9.95. The smallest absolute Gasteiger partial charge is 0.236 e. The highest BCUT2D eigenvalue weighted by atomic mass is 16.2. The molecule has 1 aliphatic heterocycles. The molecule has 2 atom stereocenters. The molecule has 0 bridgehead atoms. The van der Waals surface area contributed by atoms with Gasteiger partial charge in [-0.2, -0.15) is 0 Å². The number of nitrogens with zero attached hydrogens (tertiary/aromatic N) is 2. The van der Waals surface area contributed by atoms with Crippen LogP contribution in [-0.2, 0) is 23.4 Å².